The van der Waals surface area contributed by atoms with Gasteiger partial charge in [0.1, 0.15) is 0 Å². The average molecular weight is 285 g/mol. The molecule has 1 atom stereocenters. The Morgan fingerprint density at radius 3 is 3.00 bits per heavy atom. The molecule has 2 aromatic rings. The van der Waals surface area contributed by atoms with E-state index in [9.17, 15) is 4.79 Å². The van der Waals surface area contributed by atoms with Crippen LogP contribution in [0.3, 0.4) is 0 Å². The van der Waals surface area contributed by atoms with Crippen molar-refractivity contribution in [3.05, 3.63) is 36.8 Å². The van der Waals surface area contributed by atoms with Gasteiger partial charge in [0.15, 0.2) is 5.82 Å². The van der Waals surface area contributed by atoms with Crippen LogP contribution in [-0.4, -0.2) is 32.8 Å². The molecular weight excluding hydrogens is 266 g/mol. The first-order valence-corrected chi connectivity index (χ1v) is 7.21. The molecule has 3 heterocycles. The van der Waals surface area contributed by atoms with Gasteiger partial charge in [0, 0.05) is 18.6 Å². The van der Waals surface area contributed by atoms with Gasteiger partial charge in [0.2, 0.25) is 5.91 Å². The summed E-state index contributed by atoms with van der Waals surface area (Å²) in [7, 11) is 0. The molecule has 1 fully saturated rings. The van der Waals surface area contributed by atoms with Crippen LogP contribution in [0.1, 0.15) is 26.2 Å². The van der Waals surface area contributed by atoms with E-state index in [1.54, 1.807) is 29.3 Å². The molecule has 1 unspecified atom stereocenters. The lowest BCUT2D eigenvalue weighted by Crippen LogP contribution is -2.54. The fourth-order valence-electron chi connectivity index (χ4n) is 2.58. The van der Waals surface area contributed by atoms with Crippen molar-refractivity contribution in [3.8, 4) is 5.82 Å². The number of hydrogen-bond donors (Lipinski definition) is 2. The number of nitrogens with zero attached hydrogens (tertiary/aromatic N) is 3. The molecule has 0 radical (unpaired) electrons. The normalized spacial score (nSPS) is 22.0. The van der Waals surface area contributed by atoms with Crippen LogP contribution in [0, 0.1) is 0 Å². The van der Waals surface area contributed by atoms with Gasteiger partial charge >= 0.3 is 0 Å². The number of piperidine rings is 1. The van der Waals surface area contributed by atoms with Crippen molar-refractivity contribution in [1.82, 2.24) is 20.1 Å². The van der Waals surface area contributed by atoms with E-state index in [4.69, 9.17) is 0 Å². The molecule has 0 aromatic carbocycles. The van der Waals surface area contributed by atoms with Crippen molar-refractivity contribution in [1.29, 1.82) is 0 Å². The van der Waals surface area contributed by atoms with Crippen LogP contribution in [0.5, 0.6) is 0 Å². The number of hydrogen-bond acceptors (Lipinski definition) is 4. The maximum atomic E-state index is 12.6. The molecule has 6 nitrogen and oxygen atoms in total. The van der Waals surface area contributed by atoms with Gasteiger partial charge in [-0.1, -0.05) is 0 Å². The van der Waals surface area contributed by atoms with Gasteiger partial charge in [-0.3, -0.25) is 4.79 Å². The van der Waals surface area contributed by atoms with E-state index in [-0.39, 0.29) is 5.91 Å². The fraction of sp³-hybridized carbons (Fsp3) is 0.400. The van der Waals surface area contributed by atoms with E-state index in [0.29, 0.717) is 11.5 Å². The zero-order chi connectivity index (χ0) is 14.7. The van der Waals surface area contributed by atoms with Crippen LogP contribution < -0.4 is 10.6 Å². The zero-order valence-electron chi connectivity index (χ0n) is 12.0. The quantitative estimate of drug-likeness (QED) is 0.901. The highest BCUT2D eigenvalue weighted by Gasteiger charge is 2.34. The second-order valence-electron chi connectivity index (χ2n) is 5.50. The Balaban J connectivity index is 1.83. The van der Waals surface area contributed by atoms with Crippen LogP contribution in [0.2, 0.25) is 0 Å². The Bertz CT molecular complexity index is 617. The van der Waals surface area contributed by atoms with Crippen LogP contribution in [0.15, 0.2) is 36.8 Å². The highest BCUT2D eigenvalue weighted by atomic mass is 16.2. The predicted octanol–water partition coefficient (Wildman–Crippen LogP) is 1.74. The summed E-state index contributed by atoms with van der Waals surface area (Å²) in [5, 5.41) is 10.5. The summed E-state index contributed by atoms with van der Waals surface area (Å²) in [6.45, 7) is 2.83. The molecule has 0 aliphatic carbocycles. The minimum atomic E-state index is -0.518. The number of carbonyl (C=O) groups is 1. The van der Waals surface area contributed by atoms with E-state index in [1.807, 2.05) is 19.1 Å². The Kier molecular flexibility index (Phi) is 3.70. The minimum Gasteiger partial charge on any atom is -0.321 e. The lowest BCUT2D eigenvalue weighted by atomic mass is 9.90. The SMILES string of the molecule is CC1(C(=O)Nc2cccnc2-n2cccn2)CCCCN1. The average Bonchev–Trinajstić information content (AvgIpc) is 3.02. The van der Waals surface area contributed by atoms with Gasteiger partial charge in [0.05, 0.1) is 11.2 Å². The van der Waals surface area contributed by atoms with Gasteiger partial charge in [0.25, 0.3) is 0 Å². The smallest absolute Gasteiger partial charge is 0.244 e. The molecule has 1 saturated heterocycles. The molecule has 6 heteroatoms. The molecule has 3 rings (SSSR count). The summed E-state index contributed by atoms with van der Waals surface area (Å²) in [4.78, 5) is 16.9. The molecule has 2 aromatic heterocycles. The molecular formula is C15H19N5O. The van der Waals surface area contributed by atoms with Gasteiger partial charge in [-0.25, -0.2) is 9.67 Å². The van der Waals surface area contributed by atoms with E-state index in [0.717, 1.165) is 25.8 Å². The standard InChI is InChI=1S/C15H19N5O/c1-15(7-2-3-9-17-15)14(21)19-12-6-4-8-16-13(12)20-11-5-10-18-20/h4-6,8,10-11,17H,2-3,7,9H2,1H3,(H,19,21). The molecule has 110 valence electrons. The predicted molar refractivity (Wildman–Crippen MR) is 80.2 cm³/mol. The van der Waals surface area contributed by atoms with Crippen molar-refractivity contribution < 1.29 is 4.79 Å². The third-order valence-electron chi connectivity index (χ3n) is 3.88. The number of nitrogens with one attached hydrogen (secondary N) is 2. The molecule has 1 amide bonds. The van der Waals surface area contributed by atoms with Crippen LogP contribution in [0.25, 0.3) is 5.82 Å². The van der Waals surface area contributed by atoms with Crippen LogP contribution in [-0.2, 0) is 4.79 Å². The maximum Gasteiger partial charge on any atom is 0.244 e. The maximum absolute atomic E-state index is 12.6. The number of rotatable bonds is 3. The largest absolute Gasteiger partial charge is 0.321 e. The summed E-state index contributed by atoms with van der Waals surface area (Å²) < 4.78 is 1.65. The van der Waals surface area contributed by atoms with E-state index in [1.165, 1.54) is 0 Å². The summed E-state index contributed by atoms with van der Waals surface area (Å²) >= 11 is 0. The minimum absolute atomic E-state index is 0.0244. The second kappa shape index (κ2) is 5.65. The zero-order valence-corrected chi connectivity index (χ0v) is 12.0. The fourth-order valence-corrected chi connectivity index (χ4v) is 2.58. The van der Waals surface area contributed by atoms with E-state index < -0.39 is 5.54 Å². The van der Waals surface area contributed by atoms with Gasteiger partial charge in [-0.15, -0.1) is 0 Å². The first kappa shape index (κ1) is 13.8. The summed E-state index contributed by atoms with van der Waals surface area (Å²) in [5.74, 6) is 0.596. The topological polar surface area (TPSA) is 71.8 Å². The van der Waals surface area contributed by atoms with Crippen molar-refractivity contribution in [2.75, 3.05) is 11.9 Å². The molecule has 1 aliphatic rings. The first-order chi connectivity index (χ1) is 10.2. The number of amides is 1. The summed E-state index contributed by atoms with van der Waals surface area (Å²) in [6.07, 6.45) is 8.20. The first-order valence-electron chi connectivity index (χ1n) is 7.21. The monoisotopic (exact) mass is 285 g/mol. The van der Waals surface area contributed by atoms with Gasteiger partial charge in [-0.05, 0) is 50.9 Å². The van der Waals surface area contributed by atoms with E-state index >= 15 is 0 Å². The van der Waals surface area contributed by atoms with Crippen molar-refractivity contribution in [3.63, 3.8) is 0 Å². The molecule has 0 saturated carbocycles. The molecule has 0 bridgehead atoms. The number of aromatic nitrogens is 3. The van der Waals surface area contributed by atoms with Crippen molar-refractivity contribution in [2.45, 2.75) is 31.7 Å². The van der Waals surface area contributed by atoms with Crippen LogP contribution >= 0.6 is 0 Å². The Hall–Kier alpha value is -2.21. The van der Waals surface area contributed by atoms with E-state index in [2.05, 4.69) is 20.7 Å². The number of anilines is 1. The van der Waals surface area contributed by atoms with Crippen molar-refractivity contribution >= 4 is 11.6 Å². The third kappa shape index (κ3) is 2.80. The number of carbonyl (C=O) groups excluding carboxylic acids is 1. The van der Waals surface area contributed by atoms with Gasteiger partial charge < -0.3 is 10.6 Å². The Labute approximate surface area is 123 Å². The molecule has 0 spiro atoms. The van der Waals surface area contributed by atoms with Crippen molar-refractivity contribution in [2.24, 2.45) is 0 Å². The lowest BCUT2D eigenvalue weighted by molar-refractivity contribution is -0.122. The summed E-state index contributed by atoms with van der Waals surface area (Å²) in [6, 6.07) is 5.47. The highest BCUT2D eigenvalue weighted by Crippen LogP contribution is 2.23. The second-order valence-corrected chi connectivity index (χ2v) is 5.50. The van der Waals surface area contributed by atoms with Gasteiger partial charge in [-0.2, -0.15) is 5.10 Å². The summed E-state index contributed by atoms with van der Waals surface area (Å²) in [5.41, 5.74) is 0.148. The highest BCUT2D eigenvalue weighted by molar-refractivity contribution is 5.99. The van der Waals surface area contributed by atoms with Crippen LogP contribution in [0.4, 0.5) is 5.69 Å². The molecule has 2 N–H and O–H groups in total. The lowest BCUT2D eigenvalue weighted by Gasteiger charge is -2.33. The molecule has 21 heavy (non-hydrogen) atoms. The Morgan fingerprint density at radius 1 is 1.38 bits per heavy atom. The number of pyridine rings is 1. The Morgan fingerprint density at radius 2 is 2.29 bits per heavy atom. The molecule has 1 aliphatic heterocycles. The third-order valence-corrected chi connectivity index (χ3v) is 3.88.